The van der Waals surface area contributed by atoms with Crippen LogP contribution in [0.15, 0.2) is 0 Å². The maximum atomic E-state index is 10.3. The molecule has 0 saturated carbocycles. The third-order valence-corrected chi connectivity index (χ3v) is 6.95. The second-order valence-electron chi connectivity index (χ2n) is 10.6. The highest BCUT2D eigenvalue weighted by Gasteiger charge is 1.97. The molecule has 0 heterocycles. The van der Waals surface area contributed by atoms with Crippen molar-refractivity contribution in [1.82, 2.24) is 0 Å². The van der Waals surface area contributed by atoms with Crippen LogP contribution in [0.4, 0.5) is 0 Å². The van der Waals surface area contributed by atoms with Gasteiger partial charge in [0.15, 0.2) is 0 Å². The molecule has 0 bridgehead atoms. The van der Waals surface area contributed by atoms with Crippen molar-refractivity contribution in [3.8, 4) is 0 Å². The van der Waals surface area contributed by atoms with Crippen molar-refractivity contribution < 1.29 is 9.90 Å². The molecular formula is C32H66O2. The fraction of sp³-hybridized carbons (Fsp3) is 0.969. The van der Waals surface area contributed by atoms with E-state index in [0.717, 1.165) is 12.8 Å². The Hall–Kier alpha value is -0.530. The fourth-order valence-electron chi connectivity index (χ4n) is 4.56. The number of carbonyl (C=O) groups is 1. The van der Waals surface area contributed by atoms with Crippen LogP contribution in [-0.2, 0) is 4.79 Å². The van der Waals surface area contributed by atoms with E-state index in [2.05, 4.69) is 20.8 Å². The van der Waals surface area contributed by atoms with Crippen LogP contribution in [0.1, 0.15) is 201 Å². The molecule has 0 aliphatic carbocycles. The molecule has 0 atom stereocenters. The monoisotopic (exact) mass is 483 g/mol. The molecule has 0 unspecified atom stereocenters. The van der Waals surface area contributed by atoms with Crippen molar-refractivity contribution in [2.75, 3.05) is 0 Å². The lowest BCUT2D eigenvalue weighted by Crippen LogP contribution is -1.93. The van der Waals surface area contributed by atoms with E-state index in [-0.39, 0.29) is 0 Å². The minimum Gasteiger partial charge on any atom is -0.481 e. The van der Waals surface area contributed by atoms with Crippen molar-refractivity contribution in [3.05, 3.63) is 0 Å². The van der Waals surface area contributed by atoms with Gasteiger partial charge in [0, 0.05) is 6.42 Å². The average Bonchev–Trinajstić information content (AvgIpc) is 2.83. The molecule has 0 aromatic carbocycles. The third kappa shape index (κ3) is 38.7. The molecule has 34 heavy (non-hydrogen) atoms. The molecule has 0 spiro atoms. The molecule has 0 saturated heterocycles. The van der Waals surface area contributed by atoms with Gasteiger partial charge < -0.3 is 5.11 Å². The summed E-state index contributed by atoms with van der Waals surface area (Å²) in [5, 5.41) is 8.52. The first-order valence-corrected chi connectivity index (χ1v) is 15.9. The molecule has 0 aromatic rings. The van der Waals surface area contributed by atoms with Crippen molar-refractivity contribution in [2.45, 2.75) is 201 Å². The van der Waals surface area contributed by atoms with Crippen LogP contribution in [0, 0.1) is 0 Å². The first-order valence-electron chi connectivity index (χ1n) is 15.9. The van der Waals surface area contributed by atoms with Gasteiger partial charge in [-0.1, -0.05) is 188 Å². The molecule has 0 fully saturated rings. The number of rotatable bonds is 27. The molecule has 0 aromatic heterocycles. The molecule has 206 valence electrons. The summed E-state index contributed by atoms with van der Waals surface area (Å²) in [6.07, 6.45) is 37.6. The Morgan fingerprint density at radius 3 is 0.706 bits per heavy atom. The summed E-state index contributed by atoms with van der Waals surface area (Å²) in [7, 11) is 0. The Morgan fingerprint density at radius 1 is 0.353 bits per heavy atom. The number of aliphatic carboxylic acids is 1. The van der Waals surface area contributed by atoms with Gasteiger partial charge in [0.2, 0.25) is 0 Å². The zero-order chi connectivity index (χ0) is 25.4. The SMILES string of the molecule is CCCCCCCCCCCCCC.CCCCCCCCCCCCCCCCCC(=O)O. The second kappa shape index (κ2) is 34.6. The van der Waals surface area contributed by atoms with Crippen LogP contribution >= 0.6 is 0 Å². The van der Waals surface area contributed by atoms with E-state index in [1.807, 2.05) is 0 Å². The largest absolute Gasteiger partial charge is 0.481 e. The van der Waals surface area contributed by atoms with Gasteiger partial charge in [-0.05, 0) is 6.42 Å². The molecule has 0 aliphatic heterocycles. The lowest BCUT2D eigenvalue weighted by molar-refractivity contribution is -0.137. The summed E-state index contributed by atoms with van der Waals surface area (Å²) in [6, 6.07) is 0. The lowest BCUT2D eigenvalue weighted by atomic mass is 10.0. The van der Waals surface area contributed by atoms with E-state index in [0.29, 0.717) is 6.42 Å². The maximum absolute atomic E-state index is 10.3. The number of hydrogen-bond donors (Lipinski definition) is 1. The van der Waals surface area contributed by atoms with Crippen molar-refractivity contribution in [2.24, 2.45) is 0 Å². The first-order chi connectivity index (χ1) is 16.7. The van der Waals surface area contributed by atoms with E-state index in [1.165, 1.54) is 161 Å². The van der Waals surface area contributed by atoms with E-state index < -0.39 is 5.97 Å². The smallest absolute Gasteiger partial charge is 0.303 e. The molecule has 0 rings (SSSR count). The van der Waals surface area contributed by atoms with Crippen LogP contribution in [0.3, 0.4) is 0 Å². The number of carboxylic acids is 1. The second-order valence-corrected chi connectivity index (χ2v) is 10.6. The van der Waals surface area contributed by atoms with Gasteiger partial charge in [-0.25, -0.2) is 0 Å². The van der Waals surface area contributed by atoms with Crippen LogP contribution in [0.25, 0.3) is 0 Å². The zero-order valence-corrected chi connectivity index (χ0v) is 24.2. The van der Waals surface area contributed by atoms with Crippen LogP contribution in [-0.4, -0.2) is 11.1 Å². The Balaban J connectivity index is 0. The summed E-state index contributed by atoms with van der Waals surface area (Å²) in [5.41, 5.74) is 0. The molecule has 0 radical (unpaired) electrons. The van der Waals surface area contributed by atoms with E-state index >= 15 is 0 Å². The van der Waals surface area contributed by atoms with Crippen molar-refractivity contribution in [3.63, 3.8) is 0 Å². The Morgan fingerprint density at radius 2 is 0.529 bits per heavy atom. The Bertz CT molecular complexity index is 341. The first kappa shape index (κ1) is 35.6. The number of carboxylic acid groups (broad SMARTS) is 1. The van der Waals surface area contributed by atoms with Crippen LogP contribution < -0.4 is 0 Å². The number of unbranched alkanes of at least 4 members (excludes halogenated alkanes) is 25. The minimum atomic E-state index is -0.653. The van der Waals surface area contributed by atoms with Gasteiger partial charge in [-0.2, -0.15) is 0 Å². The highest BCUT2D eigenvalue weighted by molar-refractivity contribution is 5.66. The van der Waals surface area contributed by atoms with Gasteiger partial charge in [-0.15, -0.1) is 0 Å². The third-order valence-electron chi connectivity index (χ3n) is 6.95. The van der Waals surface area contributed by atoms with E-state index in [4.69, 9.17) is 5.11 Å². The zero-order valence-electron chi connectivity index (χ0n) is 24.2. The predicted molar refractivity (Wildman–Crippen MR) is 154 cm³/mol. The Labute approximate surface area is 216 Å². The number of hydrogen-bond acceptors (Lipinski definition) is 1. The van der Waals surface area contributed by atoms with Gasteiger partial charge in [-0.3, -0.25) is 4.79 Å². The fourth-order valence-corrected chi connectivity index (χ4v) is 4.56. The summed E-state index contributed by atoms with van der Waals surface area (Å²) in [4.78, 5) is 10.3. The summed E-state index contributed by atoms with van der Waals surface area (Å²) in [5.74, 6) is -0.653. The summed E-state index contributed by atoms with van der Waals surface area (Å²) in [6.45, 7) is 6.84. The van der Waals surface area contributed by atoms with Gasteiger partial charge in [0.1, 0.15) is 0 Å². The normalized spacial score (nSPS) is 10.8. The summed E-state index contributed by atoms with van der Waals surface area (Å²) < 4.78 is 0. The van der Waals surface area contributed by atoms with Gasteiger partial charge in [0.05, 0.1) is 0 Å². The van der Waals surface area contributed by atoms with Gasteiger partial charge in [0.25, 0.3) is 0 Å². The highest BCUT2D eigenvalue weighted by Crippen LogP contribution is 2.14. The standard InChI is InChI=1S/C18H36O2.C14H30/c1-2-3-4-5-6-7-8-9-10-11-12-13-14-15-16-17-18(19)20;1-3-5-7-9-11-13-14-12-10-8-6-4-2/h2-17H2,1H3,(H,19,20);3-14H2,1-2H3. The van der Waals surface area contributed by atoms with E-state index in [1.54, 1.807) is 0 Å². The molecule has 0 amide bonds. The van der Waals surface area contributed by atoms with Crippen molar-refractivity contribution >= 4 is 5.97 Å². The molecule has 1 N–H and O–H groups in total. The minimum absolute atomic E-state index is 0.345. The van der Waals surface area contributed by atoms with Crippen molar-refractivity contribution in [1.29, 1.82) is 0 Å². The van der Waals surface area contributed by atoms with Gasteiger partial charge >= 0.3 is 5.97 Å². The lowest BCUT2D eigenvalue weighted by Gasteiger charge is -2.03. The van der Waals surface area contributed by atoms with Crippen LogP contribution in [0.2, 0.25) is 0 Å². The quantitative estimate of drug-likeness (QED) is 0.118. The summed E-state index contributed by atoms with van der Waals surface area (Å²) >= 11 is 0. The Kier molecular flexibility index (Phi) is 36.3. The molecular weight excluding hydrogens is 416 g/mol. The average molecular weight is 483 g/mol. The topological polar surface area (TPSA) is 37.3 Å². The van der Waals surface area contributed by atoms with Crippen LogP contribution in [0.5, 0.6) is 0 Å². The van der Waals surface area contributed by atoms with E-state index in [9.17, 15) is 4.79 Å². The molecule has 2 heteroatoms. The molecule has 0 aliphatic rings. The molecule has 2 nitrogen and oxygen atoms in total. The predicted octanol–water partition coefficient (Wildman–Crippen LogP) is 12.0. The maximum Gasteiger partial charge on any atom is 0.303 e. The highest BCUT2D eigenvalue weighted by atomic mass is 16.4.